The summed E-state index contributed by atoms with van der Waals surface area (Å²) in [5.74, 6) is -0.151. The summed E-state index contributed by atoms with van der Waals surface area (Å²) >= 11 is 0. The zero-order chi connectivity index (χ0) is 18.7. The number of ketones is 1. The molecule has 1 heterocycles. The van der Waals surface area contributed by atoms with Crippen LogP contribution in [0.25, 0.3) is 0 Å². The summed E-state index contributed by atoms with van der Waals surface area (Å²) in [5.41, 5.74) is 6.95. The molecule has 0 radical (unpaired) electrons. The molecule has 0 saturated carbocycles. The van der Waals surface area contributed by atoms with Gasteiger partial charge in [0, 0.05) is 28.5 Å². The van der Waals surface area contributed by atoms with Crippen LogP contribution in [0.15, 0.2) is 52.0 Å². The van der Waals surface area contributed by atoms with Gasteiger partial charge in [0.15, 0.2) is 5.78 Å². The van der Waals surface area contributed by atoms with Crippen molar-refractivity contribution in [2.75, 3.05) is 0 Å². The molecule has 1 aromatic rings. The highest BCUT2D eigenvalue weighted by Crippen LogP contribution is 2.41. The first-order chi connectivity index (χ1) is 11.8. The van der Waals surface area contributed by atoms with E-state index in [0.717, 1.165) is 11.1 Å². The molecule has 0 bridgehead atoms. The molecular weight excluding hydrogens is 316 g/mol. The number of hydrogen-bond donors (Lipinski definition) is 2. The van der Waals surface area contributed by atoms with Crippen LogP contribution in [0.4, 0.5) is 0 Å². The van der Waals surface area contributed by atoms with Gasteiger partial charge < -0.3 is 4.74 Å². The van der Waals surface area contributed by atoms with E-state index < -0.39 is 0 Å². The lowest BCUT2D eigenvalue weighted by Gasteiger charge is -2.30. The number of hydroxylamine groups is 1. The summed E-state index contributed by atoms with van der Waals surface area (Å²) in [6.45, 7) is 11.0. The number of nitrogens with zero attached hydrogens (tertiary/aromatic N) is 1. The van der Waals surface area contributed by atoms with Gasteiger partial charge in [-0.15, -0.1) is 0 Å². The lowest BCUT2D eigenvalue weighted by Crippen LogP contribution is -2.28. The first-order valence-corrected chi connectivity index (χ1v) is 8.41. The predicted molar refractivity (Wildman–Crippen MR) is 98.6 cm³/mol. The highest BCUT2D eigenvalue weighted by atomic mass is 16.6. The number of carbonyl (C=O) groups excluding carboxylic acids is 1. The van der Waals surface area contributed by atoms with Crippen molar-refractivity contribution in [3.8, 4) is 0 Å². The molecule has 5 heteroatoms. The minimum atomic E-state index is -0.343. The first kappa shape index (κ1) is 18.9. The topological polar surface area (TPSA) is 70.9 Å². The molecule has 0 spiro atoms. The van der Waals surface area contributed by atoms with E-state index in [0.29, 0.717) is 22.6 Å². The summed E-state index contributed by atoms with van der Waals surface area (Å²) in [7, 11) is 0. The maximum atomic E-state index is 12.4. The number of Topliss-reactive ketones (excluding diaryl/α,β-unsaturated/α-hetero) is 1. The normalized spacial score (nSPS) is 19.7. The van der Waals surface area contributed by atoms with Gasteiger partial charge >= 0.3 is 0 Å². The number of allylic oxidation sites excluding steroid dienone is 3. The number of aliphatic imine (C=N–C) groups is 1. The second kappa shape index (κ2) is 7.66. The van der Waals surface area contributed by atoms with E-state index >= 15 is 0 Å². The molecular formula is C20H26N2O3. The highest BCUT2D eigenvalue weighted by Gasteiger charge is 2.35. The average molecular weight is 342 g/mol. The lowest BCUT2D eigenvalue weighted by atomic mass is 9.77. The van der Waals surface area contributed by atoms with Crippen LogP contribution in [0.2, 0.25) is 0 Å². The first-order valence-electron chi connectivity index (χ1n) is 8.41. The van der Waals surface area contributed by atoms with Gasteiger partial charge in [0.25, 0.3) is 0 Å². The highest BCUT2D eigenvalue weighted by molar-refractivity contribution is 6.08. The van der Waals surface area contributed by atoms with Crippen LogP contribution in [0.5, 0.6) is 0 Å². The van der Waals surface area contributed by atoms with E-state index in [1.165, 1.54) is 0 Å². The van der Waals surface area contributed by atoms with Gasteiger partial charge in [0.2, 0.25) is 5.88 Å². The Hall–Kier alpha value is -2.40. The Morgan fingerprint density at radius 1 is 1.24 bits per heavy atom. The van der Waals surface area contributed by atoms with Crippen molar-refractivity contribution in [1.82, 2.24) is 5.48 Å². The van der Waals surface area contributed by atoms with E-state index in [1.54, 1.807) is 6.92 Å². The second-order valence-electron chi connectivity index (χ2n) is 6.56. The number of benzene rings is 1. The molecule has 1 aliphatic heterocycles. The van der Waals surface area contributed by atoms with Crippen LogP contribution < -0.4 is 5.48 Å². The Morgan fingerprint density at radius 3 is 2.40 bits per heavy atom. The molecule has 1 aliphatic rings. The monoisotopic (exact) mass is 342 g/mol. The Labute approximate surface area is 149 Å². The quantitative estimate of drug-likeness (QED) is 0.626. The third-order valence-electron chi connectivity index (χ3n) is 4.27. The minimum Gasteiger partial charge on any atom is -0.475 e. The van der Waals surface area contributed by atoms with E-state index in [1.807, 2.05) is 58.9 Å². The Morgan fingerprint density at radius 2 is 1.88 bits per heavy atom. The number of nitrogens with one attached hydrogen (secondary N) is 1. The lowest BCUT2D eigenvalue weighted by molar-refractivity contribution is -0.113. The fourth-order valence-corrected chi connectivity index (χ4v) is 3.29. The van der Waals surface area contributed by atoms with Crippen LogP contribution in [-0.4, -0.2) is 22.8 Å². The fraction of sp³-hybridized carbons (Fsp3) is 0.400. The van der Waals surface area contributed by atoms with Crippen LogP contribution in [0.1, 0.15) is 51.7 Å². The molecule has 1 unspecified atom stereocenters. The SMILES string of the molecule is CC(=O)C1=C(C)N=C(C)C(=C(NO)OC(C)C)C1c1ccccc1C. The number of ether oxygens (including phenoxy) is 1. The third kappa shape index (κ3) is 3.82. The minimum absolute atomic E-state index is 0.0404. The predicted octanol–water partition coefficient (Wildman–Crippen LogP) is 4.03. The molecule has 2 rings (SSSR count). The van der Waals surface area contributed by atoms with Crippen LogP contribution in [0, 0.1) is 6.92 Å². The maximum Gasteiger partial charge on any atom is 0.217 e. The maximum absolute atomic E-state index is 12.4. The molecule has 0 saturated heterocycles. The standard InChI is InChI=1S/C20H26N2O3/c1-11(2)25-20(22-24)18-14(5)21-13(4)17(15(6)23)19(18)16-10-8-7-9-12(16)3/h7-11,19,22,24H,1-6H3. The summed E-state index contributed by atoms with van der Waals surface area (Å²) in [6.07, 6.45) is -0.139. The second-order valence-corrected chi connectivity index (χ2v) is 6.56. The number of aryl methyl sites for hydroxylation is 1. The Balaban J connectivity index is 2.80. The van der Waals surface area contributed by atoms with Crippen LogP contribution in [0.3, 0.4) is 0 Å². The van der Waals surface area contributed by atoms with Crippen LogP contribution in [-0.2, 0) is 9.53 Å². The Kier molecular flexibility index (Phi) is 5.80. The van der Waals surface area contributed by atoms with Gasteiger partial charge in [-0.25, -0.2) is 5.48 Å². The third-order valence-corrected chi connectivity index (χ3v) is 4.27. The zero-order valence-corrected chi connectivity index (χ0v) is 15.7. The van der Waals surface area contributed by atoms with Crippen molar-refractivity contribution in [1.29, 1.82) is 0 Å². The molecule has 2 N–H and O–H groups in total. The van der Waals surface area contributed by atoms with Crippen molar-refractivity contribution < 1.29 is 14.7 Å². The molecule has 5 nitrogen and oxygen atoms in total. The zero-order valence-electron chi connectivity index (χ0n) is 15.7. The van der Waals surface area contributed by atoms with Crippen molar-refractivity contribution in [2.45, 2.75) is 53.6 Å². The molecule has 0 fully saturated rings. The van der Waals surface area contributed by atoms with Gasteiger partial charge in [-0.1, -0.05) is 24.3 Å². The molecule has 0 aliphatic carbocycles. The number of hydrogen-bond acceptors (Lipinski definition) is 5. The molecule has 1 atom stereocenters. The van der Waals surface area contributed by atoms with E-state index in [-0.39, 0.29) is 23.7 Å². The molecule has 0 amide bonds. The molecule has 1 aromatic carbocycles. The van der Waals surface area contributed by atoms with E-state index in [9.17, 15) is 10.0 Å². The van der Waals surface area contributed by atoms with E-state index in [2.05, 4.69) is 10.5 Å². The van der Waals surface area contributed by atoms with Crippen molar-refractivity contribution in [3.63, 3.8) is 0 Å². The van der Waals surface area contributed by atoms with Crippen molar-refractivity contribution >= 4 is 11.5 Å². The molecule has 25 heavy (non-hydrogen) atoms. The smallest absolute Gasteiger partial charge is 0.217 e. The van der Waals surface area contributed by atoms with Crippen molar-refractivity contribution in [2.24, 2.45) is 4.99 Å². The van der Waals surface area contributed by atoms with Gasteiger partial charge in [0.1, 0.15) is 0 Å². The van der Waals surface area contributed by atoms with Gasteiger partial charge in [-0.05, 0) is 52.7 Å². The van der Waals surface area contributed by atoms with Gasteiger partial charge in [-0.2, -0.15) is 0 Å². The summed E-state index contributed by atoms with van der Waals surface area (Å²) in [5, 5.41) is 9.68. The van der Waals surface area contributed by atoms with Gasteiger partial charge in [-0.3, -0.25) is 15.0 Å². The summed E-state index contributed by atoms with van der Waals surface area (Å²) in [4.78, 5) is 17.0. The average Bonchev–Trinajstić information content (AvgIpc) is 2.52. The van der Waals surface area contributed by atoms with Crippen LogP contribution >= 0.6 is 0 Å². The largest absolute Gasteiger partial charge is 0.475 e. The summed E-state index contributed by atoms with van der Waals surface area (Å²) in [6, 6.07) is 7.92. The molecule has 134 valence electrons. The van der Waals surface area contributed by atoms with Gasteiger partial charge in [0.05, 0.1) is 6.10 Å². The molecule has 0 aromatic heterocycles. The van der Waals surface area contributed by atoms with E-state index in [4.69, 9.17) is 4.74 Å². The number of rotatable bonds is 5. The summed E-state index contributed by atoms with van der Waals surface area (Å²) < 4.78 is 5.77. The fourth-order valence-electron chi connectivity index (χ4n) is 3.29. The van der Waals surface area contributed by atoms with Crippen molar-refractivity contribution in [3.05, 3.63) is 58.1 Å². The number of carbonyl (C=O) groups is 1. The Bertz CT molecular complexity index is 773.